The molecule has 1 fully saturated rings. The molecule has 0 aromatic heterocycles. The van der Waals surface area contributed by atoms with E-state index in [1.54, 1.807) is 0 Å². The van der Waals surface area contributed by atoms with Gasteiger partial charge in [-0.15, -0.1) is 0 Å². The van der Waals surface area contributed by atoms with Gasteiger partial charge < -0.3 is 10.0 Å². The van der Waals surface area contributed by atoms with Crippen LogP contribution in [0.5, 0.6) is 0 Å². The number of nitrogens with zero attached hydrogens (tertiary/aromatic N) is 1. The Bertz CT molecular complexity index is 637. The number of carboxylic acids is 1. The molecule has 1 aliphatic rings. The third-order valence-electron chi connectivity index (χ3n) is 3.97. The molecule has 2 rings (SSSR count). The second kappa shape index (κ2) is 7.21. The average molecular weight is 326 g/mol. The third-order valence-corrected chi connectivity index (χ3v) is 5.58. The number of carboxylic acid groups (broad SMARTS) is 1. The fourth-order valence-electron chi connectivity index (χ4n) is 2.74. The molecule has 0 unspecified atom stereocenters. The van der Waals surface area contributed by atoms with Crippen molar-refractivity contribution >= 4 is 16.0 Å². The Hall–Kier alpha value is -1.44. The van der Waals surface area contributed by atoms with Gasteiger partial charge in [0, 0.05) is 13.1 Å². The lowest BCUT2D eigenvalue weighted by Crippen LogP contribution is -2.37. The predicted octanol–water partition coefficient (Wildman–Crippen LogP) is 1.46. The van der Waals surface area contributed by atoms with Gasteiger partial charge in [0.05, 0.1) is 10.5 Å². The molecule has 0 radical (unpaired) electrons. The molecule has 1 aromatic rings. The number of hydrogen-bond acceptors (Lipinski definition) is 4. The van der Waals surface area contributed by atoms with Crippen LogP contribution in [0, 0.1) is 6.92 Å². The van der Waals surface area contributed by atoms with E-state index in [1.165, 1.54) is 31.5 Å². The lowest BCUT2D eigenvalue weighted by atomic mass is 10.1. The van der Waals surface area contributed by atoms with E-state index in [-0.39, 0.29) is 16.0 Å². The van der Waals surface area contributed by atoms with Gasteiger partial charge in [-0.05, 0) is 50.6 Å². The van der Waals surface area contributed by atoms with Gasteiger partial charge >= 0.3 is 5.97 Å². The van der Waals surface area contributed by atoms with Crippen LogP contribution < -0.4 is 4.72 Å². The van der Waals surface area contributed by atoms with Crippen molar-refractivity contribution in [3.8, 4) is 0 Å². The third kappa shape index (κ3) is 4.06. The number of carbonyl (C=O) groups is 1. The Morgan fingerprint density at radius 2 is 1.95 bits per heavy atom. The molecule has 0 amide bonds. The first kappa shape index (κ1) is 16.9. The highest BCUT2D eigenvalue weighted by atomic mass is 32.2. The first-order valence-corrected chi connectivity index (χ1v) is 8.95. The zero-order chi connectivity index (χ0) is 16.2. The van der Waals surface area contributed by atoms with E-state index >= 15 is 0 Å². The Kier molecular flexibility index (Phi) is 5.55. The van der Waals surface area contributed by atoms with E-state index < -0.39 is 16.0 Å². The molecule has 0 aliphatic carbocycles. The van der Waals surface area contributed by atoms with Gasteiger partial charge in [-0.3, -0.25) is 0 Å². The predicted molar refractivity (Wildman–Crippen MR) is 83.6 cm³/mol. The number of hydrogen-bond donors (Lipinski definition) is 2. The summed E-state index contributed by atoms with van der Waals surface area (Å²) in [4.78, 5) is 13.4. The first-order chi connectivity index (χ1) is 10.4. The molecule has 1 saturated heterocycles. The number of likely N-dealkylation sites (tertiary alicyclic amines) is 1. The topological polar surface area (TPSA) is 86.7 Å². The number of rotatable bonds is 6. The molecule has 1 aliphatic heterocycles. The van der Waals surface area contributed by atoms with E-state index in [0.717, 1.165) is 25.9 Å². The lowest BCUT2D eigenvalue weighted by Gasteiger charge is -2.26. The van der Waals surface area contributed by atoms with Crippen LogP contribution in [0.25, 0.3) is 0 Å². The van der Waals surface area contributed by atoms with Gasteiger partial charge in [-0.25, -0.2) is 17.9 Å². The van der Waals surface area contributed by atoms with Crippen molar-refractivity contribution in [3.63, 3.8) is 0 Å². The van der Waals surface area contributed by atoms with Crippen molar-refractivity contribution in [2.75, 3.05) is 26.2 Å². The van der Waals surface area contributed by atoms with Crippen molar-refractivity contribution < 1.29 is 18.3 Å². The highest BCUT2D eigenvalue weighted by molar-refractivity contribution is 7.89. The van der Waals surface area contributed by atoms with E-state index in [4.69, 9.17) is 5.11 Å². The summed E-state index contributed by atoms with van der Waals surface area (Å²) < 4.78 is 27.3. The SMILES string of the molecule is Cc1c(C(=O)O)cccc1S(=O)(=O)NCCN1CCCCC1. The zero-order valence-electron chi connectivity index (χ0n) is 12.7. The molecule has 122 valence electrons. The Balaban J connectivity index is 2.04. The molecule has 0 bridgehead atoms. The monoisotopic (exact) mass is 326 g/mol. The smallest absolute Gasteiger partial charge is 0.335 e. The molecule has 1 heterocycles. The van der Waals surface area contributed by atoms with Gasteiger partial charge in [0.2, 0.25) is 10.0 Å². The second-order valence-corrected chi connectivity index (χ2v) is 7.27. The number of piperidine rings is 1. The van der Waals surface area contributed by atoms with Crippen LogP contribution in [0.15, 0.2) is 23.1 Å². The molecular weight excluding hydrogens is 304 g/mol. The van der Waals surface area contributed by atoms with E-state index in [2.05, 4.69) is 9.62 Å². The maximum Gasteiger partial charge on any atom is 0.335 e. The summed E-state index contributed by atoms with van der Waals surface area (Å²) in [6.07, 6.45) is 3.56. The summed E-state index contributed by atoms with van der Waals surface area (Å²) in [5.41, 5.74) is 0.277. The summed E-state index contributed by atoms with van der Waals surface area (Å²) >= 11 is 0. The normalized spacial score (nSPS) is 16.6. The van der Waals surface area contributed by atoms with Gasteiger partial charge in [0.1, 0.15) is 0 Å². The Morgan fingerprint density at radius 3 is 2.59 bits per heavy atom. The Morgan fingerprint density at radius 1 is 1.27 bits per heavy atom. The number of sulfonamides is 1. The molecule has 0 spiro atoms. The van der Waals surface area contributed by atoms with Crippen molar-refractivity contribution in [3.05, 3.63) is 29.3 Å². The number of benzene rings is 1. The minimum atomic E-state index is -3.69. The molecule has 7 heteroatoms. The minimum Gasteiger partial charge on any atom is -0.478 e. The summed E-state index contributed by atoms with van der Waals surface area (Å²) in [5.74, 6) is -1.12. The first-order valence-electron chi connectivity index (χ1n) is 7.47. The van der Waals surface area contributed by atoms with Gasteiger partial charge in [-0.1, -0.05) is 12.5 Å². The van der Waals surface area contributed by atoms with Crippen molar-refractivity contribution in [1.82, 2.24) is 9.62 Å². The largest absolute Gasteiger partial charge is 0.478 e. The van der Waals surface area contributed by atoms with Crippen LogP contribution in [0.2, 0.25) is 0 Å². The molecule has 0 atom stereocenters. The molecular formula is C15H22N2O4S. The maximum atomic E-state index is 12.3. The fourth-order valence-corrected chi connectivity index (χ4v) is 4.02. The van der Waals surface area contributed by atoms with Crippen molar-refractivity contribution in [2.45, 2.75) is 31.1 Å². The highest BCUT2D eigenvalue weighted by Crippen LogP contribution is 2.18. The minimum absolute atomic E-state index is 0.0129. The molecule has 6 nitrogen and oxygen atoms in total. The van der Waals surface area contributed by atoms with Crippen LogP contribution in [0.4, 0.5) is 0 Å². The van der Waals surface area contributed by atoms with Crippen LogP contribution >= 0.6 is 0 Å². The van der Waals surface area contributed by atoms with E-state index in [9.17, 15) is 13.2 Å². The van der Waals surface area contributed by atoms with Crippen molar-refractivity contribution in [2.24, 2.45) is 0 Å². The number of nitrogens with one attached hydrogen (secondary N) is 1. The molecule has 1 aromatic carbocycles. The van der Waals surface area contributed by atoms with E-state index in [0.29, 0.717) is 13.1 Å². The van der Waals surface area contributed by atoms with Crippen LogP contribution in [0.1, 0.15) is 35.2 Å². The van der Waals surface area contributed by atoms with Crippen LogP contribution in [0.3, 0.4) is 0 Å². The van der Waals surface area contributed by atoms with Crippen molar-refractivity contribution in [1.29, 1.82) is 0 Å². The average Bonchev–Trinajstić information content (AvgIpc) is 2.48. The van der Waals surface area contributed by atoms with Crippen LogP contribution in [-0.4, -0.2) is 50.6 Å². The number of aromatic carboxylic acids is 1. The lowest BCUT2D eigenvalue weighted by molar-refractivity contribution is 0.0696. The summed E-state index contributed by atoms with van der Waals surface area (Å²) in [7, 11) is -3.69. The zero-order valence-corrected chi connectivity index (χ0v) is 13.5. The van der Waals surface area contributed by atoms with Gasteiger partial charge in [0.15, 0.2) is 0 Å². The highest BCUT2D eigenvalue weighted by Gasteiger charge is 2.20. The standard InChI is InChI=1S/C15H22N2O4S/c1-12-13(15(18)19)6-5-7-14(12)22(20,21)16-8-11-17-9-3-2-4-10-17/h5-7,16H,2-4,8-11H2,1H3,(H,18,19). The van der Waals surface area contributed by atoms with Gasteiger partial charge in [-0.2, -0.15) is 0 Å². The van der Waals surface area contributed by atoms with E-state index in [1.807, 2.05) is 0 Å². The van der Waals surface area contributed by atoms with Gasteiger partial charge in [0.25, 0.3) is 0 Å². The second-order valence-electron chi connectivity index (χ2n) is 5.53. The molecule has 0 saturated carbocycles. The Labute approximate surface area is 131 Å². The van der Waals surface area contributed by atoms with Crippen LogP contribution in [-0.2, 0) is 10.0 Å². The maximum absolute atomic E-state index is 12.3. The molecule has 22 heavy (non-hydrogen) atoms. The summed E-state index contributed by atoms with van der Waals surface area (Å²) in [6, 6.07) is 4.30. The fraction of sp³-hybridized carbons (Fsp3) is 0.533. The quantitative estimate of drug-likeness (QED) is 0.826. The molecule has 2 N–H and O–H groups in total. The summed E-state index contributed by atoms with van der Waals surface area (Å²) in [5, 5.41) is 9.08. The summed E-state index contributed by atoms with van der Waals surface area (Å²) in [6.45, 7) is 4.54.